The molecule has 0 aliphatic heterocycles. The molecule has 0 aromatic rings. The van der Waals surface area contributed by atoms with Gasteiger partial charge < -0.3 is 10.5 Å². The highest BCUT2D eigenvalue weighted by atomic mass is 32.2. The van der Waals surface area contributed by atoms with E-state index in [0.29, 0.717) is 6.61 Å². The summed E-state index contributed by atoms with van der Waals surface area (Å²) in [6, 6.07) is 0. The molecule has 0 atom stereocenters. The molecule has 0 spiro atoms. The van der Waals surface area contributed by atoms with E-state index in [9.17, 15) is 0 Å². The predicted octanol–water partition coefficient (Wildman–Crippen LogP) is 2.27. The zero-order valence-electron chi connectivity index (χ0n) is 9.14. The molecule has 0 aliphatic rings. The average Bonchev–Trinajstić information content (AvgIpc) is 2.17. The van der Waals surface area contributed by atoms with Crippen LogP contribution < -0.4 is 5.73 Å². The lowest BCUT2D eigenvalue weighted by Gasteiger charge is -2.26. The van der Waals surface area contributed by atoms with Crippen LogP contribution in [0, 0.1) is 0 Å². The highest BCUT2D eigenvalue weighted by Crippen LogP contribution is 2.11. The quantitative estimate of drug-likeness (QED) is 0.617. The summed E-state index contributed by atoms with van der Waals surface area (Å²) in [6.45, 7) is 7.93. The molecule has 0 saturated carbocycles. The Kier molecular flexibility index (Phi) is 7.81. The van der Waals surface area contributed by atoms with Gasteiger partial charge in [0, 0.05) is 11.3 Å². The maximum absolute atomic E-state index is 6.08. The first-order valence-electron chi connectivity index (χ1n) is 5.13. The van der Waals surface area contributed by atoms with Gasteiger partial charge in [0.05, 0.1) is 13.2 Å². The maximum Gasteiger partial charge on any atom is 0.0646 e. The van der Waals surface area contributed by atoms with Crippen molar-refractivity contribution in [3.8, 4) is 0 Å². The van der Waals surface area contributed by atoms with Crippen LogP contribution >= 0.6 is 11.8 Å². The third-order valence-corrected chi connectivity index (χ3v) is 3.24. The van der Waals surface area contributed by atoms with Gasteiger partial charge in [-0.15, -0.1) is 0 Å². The zero-order valence-corrected chi connectivity index (χ0v) is 9.95. The first-order valence-corrected chi connectivity index (χ1v) is 6.28. The van der Waals surface area contributed by atoms with E-state index in [1.807, 2.05) is 11.8 Å². The number of thioether (sulfide) groups is 1. The smallest absolute Gasteiger partial charge is 0.0646 e. The summed E-state index contributed by atoms with van der Waals surface area (Å²) in [5, 5.41) is 0. The van der Waals surface area contributed by atoms with E-state index >= 15 is 0 Å². The second kappa shape index (κ2) is 7.65. The normalized spacial score (nSPS) is 12.0. The molecule has 80 valence electrons. The maximum atomic E-state index is 6.08. The van der Waals surface area contributed by atoms with Gasteiger partial charge in [-0.05, 0) is 18.6 Å². The molecule has 0 rings (SSSR count). The second-order valence-electron chi connectivity index (χ2n) is 3.32. The van der Waals surface area contributed by atoms with Gasteiger partial charge in [0.15, 0.2) is 0 Å². The summed E-state index contributed by atoms with van der Waals surface area (Å²) in [7, 11) is 0. The number of hydrogen-bond donors (Lipinski definition) is 1. The topological polar surface area (TPSA) is 35.2 Å². The van der Waals surface area contributed by atoms with E-state index in [1.54, 1.807) is 0 Å². The minimum atomic E-state index is -0.100. The molecule has 0 radical (unpaired) electrons. The van der Waals surface area contributed by atoms with E-state index in [1.165, 1.54) is 5.75 Å². The van der Waals surface area contributed by atoms with Gasteiger partial charge in [-0.25, -0.2) is 0 Å². The molecule has 3 heteroatoms. The molecular formula is C10H23NOS. The van der Waals surface area contributed by atoms with E-state index in [-0.39, 0.29) is 5.54 Å². The average molecular weight is 205 g/mol. The third kappa shape index (κ3) is 6.36. The first-order chi connectivity index (χ1) is 6.18. The second-order valence-corrected chi connectivity index (χ2v) is 4.71. The molecule has 2 nitrogen and oxygen atoms in total. The minimum absolute atomic E-state index is 0.100. The van der Waals surface area contributed by atoms with Crippen molar-refractivity contribution in [3.63, 3.8) is 0 Å². The summed E-state index contributed by atoms with van der Waals surface area (Å²) in [5.74, 6) is 2.25. The fraction of sp³-hybridized carbons (Fsp3) is 1.00. The zero-order chi connectivity index (χ0) is 10.2. The van der Waals surface area contributed by atoms with Gasteiger partial charge in [0.2, 0.25) is 0 Å². The molecular weight excluding hydrogens is 182 g/mol. The Labute approximate surface area is 86.6 Å². The number of ether oxygens (including phenoxy) is 1. The Hall–Kier alpha value is 0.270. The Morgan fingerprint density at radius 3 is 2.31 bits per heavy atom. The highest BCUT2D eigenvalue weighted by Gasteiger charge is 2.19. The monoisotopic (exact) mass is 205 g/mol. The molecule has 0 aromatic carbocycles. The summed E-state index contributed by atoms with van der Waals surface area (Å²) in [6.07, 6.45) is 1.98. The largest absolute Gasteiger partial charge is 0.379 e. The lowest BCUT2D eigenvalue weighted by Crippen LogP contribution is -2.43. The summed E-state index contributed by atoms with van der Waals surface area (Å²) >= 11 is 1.91. The van der Waals surface area contributed by atoms with Crippen LogP contribution in [0.15, 0.2) is 0 Å². The first kappa shape index (κ1) is 13.3. The van der Waals surface area contributed by atoms with Crippen molar-refractivity contribution in [2.45, 2.75) is 39.2 Å². The van der Waals surface area contributed by atoms with Gasteiger partial charge in [0.25, 0.3) is 0 Å². The molecule has 0 unspecified atom stereocenters. The van der Waals surface area contributed by atoms with Crippen LogP contribution in [-0.4, -0.2) is 30.3 Å². The van der Waals surface area contributed by atoms with Gasteiger partial charge in [-0.2, -0.15) is 11.8 Å². The van der Waals surface area contributed by atoms with Gasteiger partial charge >= 0.3 is 0 Å². The van der Waals surface area contributed by atoms with Crippen molar-refractivity contribution in [2.75, 3.05) is 24.7 Å². The van der Waals surface area contributed by atoms with E-state index in [4.69, 9.17) is 10.5 Å². The molecule has 0 heterocycles. The fourth-order valence-electron chi connectivity index (χ4n) is 0.992. The number of hydrogen-bond acceptors (Lipinski definition) is 3. The predicted molar refractivity (Wildman–Crippen MR) is 61.3 cm³/mol. The van der Waals surface area contributed by atoms with Crippen LogP contribution in [-0.2, 0) is 4.74 Å². The summed E-state index contributed by atoms with van der Waals surface area (Å²) < 4.78 is 5.54. The van der Waals surface area contributed by atoms with Gasteiger partial charge in [-0.3, -0.25) is 0 Å². The highest BCUT2D eigenvalue weighted by molar-refractivity contribution is 7.99. The molecule has 0 saturated heterocycles. The van der Waals surface area contributed by atoms with Crippen molar-refractivity contribution in [1.29, 1.82) is 0 Å². The van der Waals surface area contributed by atoms with Gasteiger partial charge in [-0.1, -0.05) is 20.8 Å². The molecule has 2 N–H and O–H groups in total. The third-order valence-electron chi connectivity index (χ3n) is 2.37. The van der Waals surface area contributed by atoms with Crippen molar-refractivity contribution in [2.24, 2.45) is 5.73 Å². The summed E-state index contributed by atoms with van der Waals surface area (Å²) in [5.41, 5.74) is 5.98. The Morgan fingerprint density at radius 1 is 1.23 bits per heavy atom. The molecule has 0 aliphatic carbocycles. The van der Waals surface area contributed by atoms with Crippen LogP contribution in [0.2, 0.25) is 0 Å². The van der Waals surface area contributed by atoms with Crippen LogP contribution in [0.25, 0.3) is 0 Å². The van der Waals surface area contributed by atoms with E-state index in [0.717, 1.165) is 25.2 Å². The van der Waals surface area contributed by atoms with E-state index < -0.39 is 0 Å². The van der Waals surface area contributed by atoms with Crippen molar-refractivity contribution in [1.82, 2.24) is 0 Å². The number of rotatable bonds is 8. The lowest BCUT2D eigenvalue weighted by atomic mass is 9.96. The molecule has 0 amide bonds. The minimum Gasteiger partial charge on any atom is -0.379 e. The molecule has 0 fully saturated rings. The number of nitrogens with two attached hydrogens (primary N) is 1. The standard InChI is InChI=1S/C10H23NOS/c1-4-10(11,5-2)9-12-7-8-13-6-3/h4-9,11H2,1-3H3. The lowest BCUT2D eigenvalue weighted by molar-refractivity contribution is 0.0923. The Bertz CT molecular complexity index is 115. The summed E-state index contributed by atoms with van der Waals surface area (Å²) in [4.78, 5) is 0. The van der Waals surface area contributed by atoms with Gasteiger partial charge in [0.1, 0.15) is 0 Å². The Balaban J connectivity index is 3.39. The SMILES string of the molecule is CCSCCOCC(N)(CC)CC. The van der Waals surface area contributed by atoms with Crippen molar-refractivity contribution >= 4 is 11.8 Å². The fourth-order valence-corrected chi connectivity index (χ4v) is 1.52. The molecule has 0 bridgehead atoms. The van der Waals surface area contributed by atoms with Crippen molar-refractivity contribution in [3.05, 3.63) is 0 Å². The molecule has 0 aromatic heterocycles. The van der Waals surface area contributed by atoms with Crippen LogP contribution in [0.4, 0.5) is 0 Å². The van der Waals surface area contributed by atoms with Crippen LogP contribution in [0.3, 0.4) is 0 Å². The van der Waals surface area contributed by atoms with E-state index in [2.05, 4.69) is 20.8 Å². The van der Waals surface area contributed by atoms with Crippen molar-refractivity contribution < 1.29 is 4.74 Å². The molecule has 13 heavy (non-hydrogen) atoms. The van der Waals surface area contributed by atoms with Crippen LogP contribution in [0.5, 0.6) is 0 Å². The van der Waals surface area contributed by atoms with Crippen LogP contribution in [0.1, 0.15) is 33.6 Å². The Morgan fingerprint density at radius 2 is 1.85 bits per heavy atom.